The van der Waals surface area contributed by atoms with Crippen molar-refractivity contribution >= 4 is 21.6 Å². The van der Waals surface area contributed by atoms with Gasteiger partial charge in [-0.2, -0.15) is 0 Å². The van der Waals surface area contributed by atoms with Crippen LogP contribution in [0.5, 0.6) is 11.8 Å². The number of aryl methyl sites for hydroxylation is 2. The van der Waals surface area contributed by atoms with Gasteiger partial charge in [-0.05, 0) is 75.2 Å². The molecule has 30 heavy (non-hydrogen) atoms. The van der Waals surface area contributed by atoms with Crippen LogP contribution in [0.3, 0.4) is 0 Å². The molecule has 0 fully saturated rings. The van der Waals surface area contributed by atoms with Gasteiger partial charge in [0, 0.05) is 11.6 Å². The zero-order valence-corrected chi connectivity index (χ0v) is 18.6. The minimum atomic E-state index is -3.83. The molecule has 1 aromatic heterocycles. The molecule has 10 heteroatoms. The molecule has 0 radical (unpaired) electrons. The van der Waals surface area contributed by atoms with E-state index in [4.69, 9.17) is 16.3 Å². The molecule has 7 nitrogen and oxygen atoms in total. The Labute approximate surface area is 179 Å². The molecule has 0 spiro atoms. The van der Waals surface area contributed by atoms with E-state index in [0.29, 0.717) is 34.3 Å². The van der Waals surface area contributed by atoms with Gasteiger partial charge in [-0.3, -0.25) is 4.57 Å². The molecule has 0 aliphatic rings. The van der Waals surface area contributed by atoms with Gasteiger partial charge in [0.25, 0.3) is 0 Å². The van der Waals surface area contributed by atoms with Gasteiger partial charge in [0.1, 0.15) is 11.6 Å². The highest BCUT2D eigenvalue weighted by Gasteiger charge is 2.25. The maximum absolute atomic E-state index is 13.1. The molecule has 3 aromatic rings. The average Bonchev–Trinajstić information content (AvgIpc) is 3.08. The molecular weight excluding hydrogens is 431 g/mol. The monoisotopic (exact) mass is 452 g/mol. The third kappa shape index (κ3) is 4.63. The summed E-state index contributed by atoms with van der Waals surface area (Å²) in [5, 5.41) is 8.62. The SMILES string of the molecule is CCn1c(Oc2ccc(F)cc2)nnc1[C@@H](C)NS(=O)(=O)c1cc(C)c(Cl)cc1C. The van der Waals surface area contributed by atoms with Crippen molar-refractivity contribution in [3.05, 3.63) is 64.2 Å². The summed E-state index contributed by atoms with van der Waals surface area (Å²) in [7, 11) is -3.83. The summed E-state index contributed by atoms with van der Waals surface area (Å²) >= 11 is 6.08. The lowest BCUT2D eigenvalue weighted by molar-refractivity contribution is 0.407. The van der Waals surface area contributed by atoms with Gasteiger partial charge in [-0.15, -0.1) is 5.10 Å². The lowest BCUT2D eigenvalue weighted by Gasteiger charge is -2.17. The summed E-state index contributed by atoms with van der Waals surface area (Å²) < 4.78 is 49.0. The van der Waals surface area contributed by atoms with E-state index in [1.807, 2.05) is 6.92 Å². The zero-order chi connectivity index (χ0) is 22.1. The van der Waals surface area contributed by atoms with Gasteiger partial charge in [-0.1, -0.05) is 16.7 Å². The summed E-state index contributed by atoms with van der Waals surface area (Å²) in [6.07, 6.45) is 0. The number of nitrogens with zero attached hydrogens (tertiary/aromatic N) is 3. The molecule has 1 atom stereocenters. The highest BCUT2D eigenvalue weighted by atomic mass is 35.5. The van der Waals surface area contributed by atoms with E-state index in [2.05, 4.69) is 14.9 Å². The number of sulfonamides is 1. The van der Waals surface area contributed by atoms with Crippen molar-refractivity contribution in [1.82, 2.24) is 19.5 Å². The minimum Gasteiger partial charge on any atom is -0.424 e. The van der Waals surface area contributed by atoms with E-state index in [1.165, 1.54) is 24.3 Å². The third-order valence-electron chi connectivity index (χ3n) is 4.55. The molecule has 3 rings (SSSR count). The summed E-state index contributed by atoms with van der Waals surface area (Å²) in [5.74, 6) is 0.405. The van der Waals surface area contributed by atoms with Crippen LogP contribution in [-0.2, 0) is 16.6 Å². The fraction of sp³-hybridized carbons (Fsp3) is 0.300. The largest absolute Gasteiger partial charge is 0.424 e. The van der Waals surface area contributed by atoms with Crippen molar-refractivity contribution in [2.24, 2.45) is 0 Å². The van der Waals surface area contributed by atoms with Crippen molar-refractivity contribution in [2.45, 2.75) is 45.2 Å². The average molecular weight is 453 g/mol. The topological polar surface area (TPSA) is 86.1 Å². The van der Waals surface area contributed by atoms with Crippen LogP contribution in [0.25, 0.3) is 0 Å². The number of aromatic nitrogens is 3. The second-order valence-corrected chi connectivity index (χ2v) is 8.94. The maximum atomic E-state index is 13.1. The molecular formula is C20H22ClFN4O3S. The van der Waals surface area contributed by atoms with Crippen molar-refractivity contribution in [1.29, 1.82) is 0 Å². The van der Waals surface area contributed by atoms with Gasteiger partial charge in [0.15, 0.2) is 5.82 Å². The van der Waals surface area contributed by atoms with E-state index in [1.54, 1.807) is 37.5 Å². The number of rotatable bonds is 7. The van der Waals surface area contributed by atoms with Crippen LogP contribution < -0.4 is 9.46 Å². The number of hydrogen-bond donors (Lipinski definition) is 1. The van der Waals surface area contributed by atoms with Crippen LogP contribution in [-0.4, -0.2) is 23.2 Å². The Balaban J connectivity index is 1.86. The Morgan fingerprint density at radius 3 is 2.47 bits per heavy atom. The Morgan fingerprint density at radius 2 is 1.83 bits per heavy atom. The quantitative estimate of drug-likeness (QED) is 0.568. The second-order valence-electron chi connectivity index (χ2n) is 6.85. The highest BCUT2D eigenvalue weighted by molar-refractivity contribution is 7.89. The molecule has 0 bridgehead atoms. The Hall–Kier alpha value is -2.49. The van der Waals surface area contributed by atoms with Crippen LogP contribution in [0.15, 0.2) is 41.3 Å². The van der Waals surface area contributed by atoms with E-state index in [9.17, 15) is 12.8 Å². The van der Waals surface area contributed by atoms with Crippen molar-refractivity contribution in [3.8, 4) is 11.8 Å². The molecule has 1 N–H and O–H groups in total. The van der Waals surface area contributed by atoms with Crippen LogP contribution in [0.4, 0.5) is 4.39 Å². The number of ether oxygens (including phenoxy) is 1. The molecule has 0 saturated heterocycles. The summed E-state index contributed by atoms with van der Waals surface area (Å²) in [6.45, 7) is 7.42. The number of halogens is 2. The van der Waals surface area contributed by atoms with Crippen LogP contribution in [0, 0.1) is 19.7 Å². The minimum absolute atomic E-state index is 0.154. The first kappa shape index (κ1) is 22.2. The van der Waals surface area contributed by atoms with Crippen molar-refractivity contribution in [2.75, 3.05) is 0 Å². The normalized spacial score (nSPS) is 12.7. The first-order valence-electron chi connectivity index (χ1n) is 9.28. The van der Waals surface area contributed by atoms with Gasteiger partial charge < -0.3 is 4.74 Å². The molecule has 0 aliphatic heterocycles. The van der Waals surface area contributed by atoms with Crippen LogP contribution >= 0.6 is 11.6 Å². The molecule has 0 aliphatic carbocycles. The molecule has 1 heterocycles. The van der Waals surface area contributed by atoms with Gasteiger partial charge >= 0.3 is 6.01 Å². The van der Waals surface area contributed by atoms with E-state index in [-0.39, 0.29) is 16.7 Å². The first-order valence-corrected chi connectivity index (χ1v) is 11.1. The van der Waals surface area contributed by atoms with Crippen molar-refractivity contribution < 1.29 is 17.5 Å². The summed E-state index contributed by atoms with van der Waals surface area (Å²) in [4.78, 5) is 0.154. The zero-order valence-electron chi connectivity index (χ0n) is 17.0. The van der Waals surface area contributed by atoms with Gasteiger partial charge in [0.05, 0.1) is 10.9 Å². The van der Waals surface area contributed by atoms with Gasteiger partial charge in [-0.25, -0.2) is 17.5 Å². The fourth-order valence-electron chi connectivity index (χ4n) is 2.99. The maximum Gasteiger partial charge on any atom is 0.322 e. The number of hydrogen-bond acceptors (Lipinski definition) is 5. The molecule has 0 amide bonds. The predicted molar refractivity (Wildman–Crippen MR) is 112 cm³/mol. The van der Waals surface area contributed by atoms with Crippen molar-refractivity contribution in [3.63, 3.8) is 0 Å². The molecule has 0 saturated carbocycles. The lowest BCUT2D eigenvalue weighted by atomic mass is 10.2. The molecule has 160 valence electrons. The van der Waals surface area contributed by atoms with E-state index in [0.717, 1.165) is 0 Å². The molecule has 2 aromatic carbocycles. The first-order chi connectivity index (χ1) is 14.1. The summed E-state index contributed by atoms with van der Waals surface area (Å²) in [5.41, 5.74) is 1.21. The standard InChI is InChI=1S/C20H22ClFN4O3S/c1-5-26-19(23-24-20(26)29-16-8-6-15(22)7-9-16)14(4)25-30(27,28)18-11-12(2)17(21)10-13(18)3/h6-11,14,25H,5H2,1-4H3/t14-/m1/s1. The molecule has 0 unspecified atom stereocenters. The van der Waals surface area contributed by atoms with Gasteiger partial charge in [0.2, 0.25) is 10.0 Å². The lowest BCUT2D eigenvalue weighted by Crippen LogP contribution is -2.29. The van der Waals surface area contributed by atoms with Crippen LogP contribution in [0.2, 0.25) is 5.02 Å². The number of benzene rings is 2. The van der Waals surface area contributed by atoms with E-state index < -0.39 is 16.1 Å². The Kier molecular flexibility index (Phi) is 6.44. The smallest absolute Gasteiger partial charge is 0.322 e. The highest BCUT2D eigenvalue weighted by Crippen LogP contribution is 2.27. The second kappa shape index (κ2) is 8.71. The Bertz CT molecular complexity index is 1160. The predicted octanol–water partition coefficient (Wildman–Crippen LogP) is 4.54. The third-order valence-corrected chi connectivity index (χ3v) is 6.64. The van der Waals surface area contributed by atoms with Crippen LogP contribution in [0.1, 0.15) is 36.8 Å². The Morgan fingerprint density at radius 1 is 1.17 bits per heavy atom. The summed E-state index contributed by atoms with van der Waals surface area (Å²) in [6, 6.07) is 8.17. The fourth-order valence-corrected chi connectivity index (χ4v) is 4.72. The number of nitrogens with one attached hydrogen (secondary N) is 1. The van der Waals surface area contributed by atoms with E-state index >= 15 is 0 Å².